The third kappa shape index (κ3) is 2.64. The van der Waals surface area contributed by atoms with Gasteiger partial charge in [0.05, 0.1) is 0 Å². The van der Waals surface area contributed by atoms with Crippen molar-refractivity contribution in [3.63, 3.8) is 0 Å². The Morgan fingerprint density at radius 2 is 2.31 bits per heavy atom. The molecule has 1 N–H and O–H groups in total. The molecule has 0 saturated heterocycles. The normalized spacial score (nSPS) is 20.1. The maximum Gasteiger partial charge on any atom is 0.122 e. The number of ether oxygens (including phenoxy) is 1. The van der Waals surface area contributed by atoms with Crippen LogP contribution >= 0.6 is 0 Å². The van der Waals surface area contributed by atoms with E-state index in [2.05, 4.69) is 37.4 Å². The maximum absolute atomic E-state index is 5.72. The minimum absolute atomic E-state index is 0.435. The highest BCUT2D eigenvalue weighted by atomic mass is 16.5. The second kappa shape index (κ2) is 5.17. The van der Waals surface area contributed by atoms with Crippen molar-refractivity contribution >= 4 is 0 Å². The van der Waals surface area contributed by atoms with Gasteiger partial charge in [-0.05, 0) is 31.9 Å². The highest BCUT2D eigenvalue weighted by molar-refractivity contribution is 5.35. The smallest absolute Gasteiger partial charge is 0.122 e. The predicted octanol–water partition coefficient (Wildman–Crippen LogP) is 2.55. The first kappa shape index (κ1) is 11.2. The first-order valence-electron chi connectivity index (χ1n) is 5.85. The highest BCUT2D eigenvalue weighted by Gasteiger charge is 2.18. The lowest BCUT2D eigenvalue weighted by Gasteiger charge is -2.26. The van der Waals surface area contributed by atoms with E-state index in [0.29, 0.717) is 6.04 Å². The van der Waals surface area contributed by atoms with Crippen molar-refractivity contribution in [2.24, 2.45) is 0 Å². The van der Waals surface area contributed by atoms with Crippen LogP contribution in [0.1, 0.15) is 19.4 Å². The molecule has 1 aliphatic heterocycles. The Balaban J connectivity index is 1.93. The van der Waals surface area contributed by atoms with Crippen molar-refractivity contribution in [1.29, 1.82) is 0 Å². The zero-order valence-electron chi connectivity index (χ0n) is 9.99. The van der Waals surface area contributed by atoms with Gasteiger partial charge < -0.3 is 10.1 Å². The number of nitrogens with one attached hydrogen (secondary N) is 1. The average molecular weight is 217 g/mol. The molecule has 1 aromatic rings. The Hall–Kier alpha value is -1.28. The van der Waals surface area contributed by atoms with Crippen molar-refractivity contribution < 1.29 is 4.74 Å². The fourth-order valence-corrected chi connectivity index (χ4v) is 1.87. The largest absolute Gasteiger partial charge is 0.492 e. The van der Waals surface area contributed by atoms with E-state index in [1.54, 1.807) is 0 Å². The van der Waals surface area contributed by atoms with Crippen molar-refractivity contribution in [2.75, 3.05) is 13.2 Å². The molecule has 16 heavy (non-hydrogen) atoms. The molecule has 1 aromatic carbocycles. The molecule has 2 rings (SSSR count). The number of hydrogen-bond acceptors (Lipinski definition) is 2. The molecule has 1 unspecified atom stereocenters. The molecule has 86 valence electrons. The lowest BCUT2D eigenvalue weighted by atomic mass is 10.0. The van der Waals surface area contributed by atoms with E-state index in [1.165, 1.54) is 11.1 Å². The number of benzene rings is 1. The Labute approximate surface area is 97.3 Å². The summed E-state index contributed by atoms with van der Waals surface area (Å²) >= 11 is 0. The molecule has 0 spiro atoms. The molecule has 0 saturated carbocycles. The molecule has 0 amide bonds. The van der Waals surface area contributed by atoms with Crippen LogP contribution in [0.5, 0.6) is 5.75 Å². The van der Waals surface area contributed by atoms with E-state index < -0.39 is 0 Å². The monoisotopic (exact) mass is 217 g/mol. The van der Waals surface area contributed by atoms with Crippen molar-refractivity contribution in [2.45, 2.75) is 26.3 Å². The first-order valence-corrected chi connectivity index (χ1v) is 5.85. The molecule has 0 aliphatic carbocycles. The molecule has 2 heteroatoms. The average Bonchev–Trinajstić information content (AvgIpc) is 2.35. The van der Waals surface area contributed by atoms with Gasteiger partial charge in [-0.15, -0.1) is 0 Å². The quantitative estimate of drug-likeness (QED) is 0.786. The van der Waals surface area contributed by atoms with Crippen LogP contribution in [0.15, 0.2) is 35.9 Å². The fourth-order valence-electron chi connectivity index (χ4n) is 1.87. The van der Waals surface area contributed by atoms with E-state index >= 15 is 0 Å². The number of para-hydroxylation sites is 1. The topological polar surface area (TPSA) is 21.3 Å². The Morgan fingerprint density at radius 3 is 3.12 bits per heavy atom. The number of rotatable bonds is 3. The zero-order valence-corrected chi connectivity index (χ0v) is 9.99. The second-order valence-corrected chi connectivity index (χ2v) is 4.34. The zero-order chi connectivity index (χ0) is 11.4. The molecule has 0 fully saturated rings. The summed E-state index contributed by atoms with van der Waals surface area (Å²) in [5.41, 5.74) is 2.68. The maximum atomic E-state index is 5.72. The number of allylic oxidation sites excluding steroid dienone is 1. The van der Waals surface area contributed by atoms with Gasteiger partial charge in [-0.3, -0.25) is 0 Å². The van der Waals surface area contributed by atoms with Crippen molar-refractivity contribution in [1.82, 2.24) is 5.32 Å². The van der Waals surface area contributed by atoms with Gasteiger partial charge in [0.1, 0.15) is 12.4 Å². The first-order chi connectivity index (χ1) is 7.79. The van der Waals surface area contributed by atoms with Crippen LogP contribution in [-0.4, -0.2) is 19.2 Å². The van der Waals surface area contributed by atoms with Crippen LogP contribution in [0.2, 0.25) is 0 Å². The van der Waals surface area contributed by atoms with E-state index in [1.807, 2.05) is 12.1 Å². The van der Waals surface area contributed by atoms with Crippen LogP contribution in [-0.2, 0) is 6.42 Å². The van der Waals surface area contributed by atoms with Gasteiger partial charge in [-0.1, -0.05) is 29.8 Å². The molecule has 2 nitrogen and oxygen atoms in total. The Bertz CT molecular complexity index is 384. The molecule has 1 heterocycles. The Morgan fingerprint density at radius 1 is 1.50 bits per heavy atom. The van der Waals surface area contributed by atoms with E-state index in [-0.39, 0.29) is 0 Å². The van der Waals surface area contributed by atoms with Crippen molar-refractivity contribution in [3.8, 4) is 5.75 Å². The molecule has 1 atom stereocenters. The van der Waals surface area contributed by atoms with Gasteiger partial charge in [-0.25, -0.2) is 0 Å². The summed E-state index contributed by atoms with van der Waals surface area (Å²) in [6.45, 7) is 5.94. The molecular formula is C14H19NO. The lowest BCUT2D eigenvalue weighted by Crippen LogP contribution is -2.39. The minimum atomic E-state index is 0.435. The summed E-state index contributed by atoms with van der Waals surface area (Å²) in [6.07, 6.45) is 3.21. The van der Waals surface area contributed by atoms with Crippen LogP contribution in [0.4, 0.5) is 0 Å². The third-order valence-corrected chi connectivity index (χ3v) is 3.04. The van der Waals surface area contributed by atoms with Crippen LogP contribution in [0.3, 0.4) is 0 Å². The van der Waals surface area contributed by atoms with Gasteiger partial charge in [0.15, 0.2) is 0 Å². The summed E-state index contributed by atoms with van der Waals surface area (Å²) in [5.74, 6) is 1.04. The molecule has 1 aliphatic rings. The van der Waals surface area contributed by atoms with Gasteiger partial charge in [0, 0.05) is 12.6 Å². The standard InChI is InChI=1S/C14H19NO/c1-3-11(2)9-15-13-8-12-6-4-5-7-14(12)16-10-13/h3-7,13,15H,8-10H2,1-2H3. The SMILES string of the molecule is CC=C(C)CNC1COc2ccccc2C1. The van der Waals surface area contributed by atoms with Gasteiger partial charge in [-0.2, -0.15) is 0 Å². The molecule has 0 aromatic heterocycles. The van der Waals surface area contributed by atoms with Crippen LogP contribution in [0.25, 0.3) is 0 Å². The summed E-state index contributed by atoms with van der Waals surface area (Å²) in [4.78, 5) is 0. The summed E-state index contributed by atoms with van der Waals surface area (Å²) in [5, 5.41) is 3.52. The van der Waals surface area contributed by atoms with E-state index in [9.17, 15) is 0 Å². The van der Waals surface area contributed by atoms with Gasteiger partial charge in [0.2, 0.25) is 0 Å². The summed E-state index contributed by atoms with van der Waals surface area (Å²) < 4.78 is 5.72. The van der Waals surface area contributed by atoms with E-state index in [4.69, 9.17) is 4.74 Å². The summed E-state index contributed by atoms with van der Waals surface area (Å²) in [6, 6.07) is 8.72. The predicted molar refractivity (Wildman–Crippen MR) is 66.9 cm³/mol. The van der Waals surface area contributed by atoms with Crippen LogP contribution in [0, 0.1) is 0 Å². The van der Waals surface area contributed by atoms with Crippen molar-refractivity contribution in [3.05, 3.63) is 41.5 Å². The lowest BCUT2D eigenvalue weighted by molar-refractivity contribution is 0.241. The Kier molecular flexibility index (Phi) is 3.62. The molecule has 0 radical (unpaired) electrons. The van der Waals surface area contributed by atoms with Crippen LogP contribution < -0.4 is 10.1 Å². The fraction of sp³-hybridized carbons (Fsp3) is 0.429. The molecular weight excluding hydrogens is 198 g/mol. The third-order valence-electron chi connectivity index (χ3n) is 3.04. The van der Waals surface area contributed by atoms with Gasteiger partial charge in [0.25, 0.3) is 0 Å². The number of fused-ring (bicyclic) bond motifs is 1. The van der Waals surface area contributed by atoms with E-state index in [0.717, 1.165) is 25.3 Å². The highest BCUT2D eigenvalue weighted by Crippen LogP contribution is 2.23. The minimum Gasteiger partial charge on any atom is -0.492 e. The summed E-state index contributed by atoms with van der Waals surface area (Å²) in [7, 11) is 0. The molecule has 0 bridgehead atoms. The van der Waals surface area contributed by atoms with Gasteiger partial charge >= 0.3 is 0 Å². The second-order valence-electron chi connectivity index (χ2n) is 4.34. The number of hydrogen-bond donors (Lipinski definition) is 1.